The van der Waals surface area contributed by atoms with E-state index in [0.29, 0.717) is 6.92 Å². The van der Waals surface area contributed by atoms with Gasteiger partial charge in [0.1, 0.15) is 11.4 Å². The van der Waals surface area contributed by atoms with Crippen molar-refractivity contribution in [2.75, 3.05) is 0 Å². The van der Waals surface area contributed by atoms with Gasteiger partial charge in [-0.2, -0.15) is 39.5 Å². The van der Waals surface area contributed by atoms with Crippen molar-refractivity contribution < 1.29 is 49.4 Å². The number of halogens is 9. The predicted octanol–water partition coefficient (Wildman–Crippen LogP) is 5.93. The minimum absolute atomic E-state index is 0.0426. The molecule has 1 aromatic rings. The molecule has 0 aliphatic carbocycles. The standard InChI is InChI=1S/C17H19F9O2/c1-12(2,3)28-11-7-5-6-10(8-11)13(4,27)9-14(18,19)15(20,21)16(22,23)17(24,25)26/h5-8,27H,9H2,1-4H3. The van der Waals surface area contributed by atoms with E-state index < -0.39 is 47.1 Å². The van der Waals surface area contributed by atoms with Crippen molar-refractivity contribution in [1.29, 1.82) is 0 Å². The summed E-state index contributed by atoms with van der Waals surface area (Å²) in [4.78, 5) is 0. The van der Waals surface area contributed by atoms with Crippen LogP contribution >= 0.6 is 0 Å². The summed E-state index contributed by atoms with van der Waals surface area (Å²) in [7, 11) is 0. The maximum Gasteiger partial charge on any atom is 0.460 e. The third-order valence-corrected chi connectivity index (χ3v) is 3.66. The van der Waals surface area contributed by atoms with Gasteiger partial charge in [0.15, 0.2) is 0 Å². The number of hydrogen-bond donors (Lipinski definition) is 1. The van der Waals surface area contributed by atoms with Crippen molar-refractivity contribution in [1.82, 2.24) is 0 Å². The summed E-state index contributed by atoms with van der Waals surface area (Å²) in [6.45, 7) is 5.49. The molecule has 0 radical (unpaired) electrons. The number of rotatable bonds is 6. The fourth-order valence-corrected chi connectivity index (χ4v) is 2.30. The highest BCUT2D eigenvalue weighted by molar-refractivity contribution is 5.33. The number of benzene rings is 1. The summed E-state index contributed by atoms with van der Waals surface area (Å²) in [6.07, 6.45) is -9.30. The monoisotopic (exact) mass is 426 g/mol. The van der Waals surface area contributed by atoms with Crippen LogP contribution in [-0.2, 0) is 5.60 Å². The molecular formula is C17H19F9O2. The molecule has 1 unspecified atom stereocenters. The van der Waals surface area contributed by atoms with Crippen LogP contribution in [0.5, 0.6) is 5.75 Å². The molecule has 0 aliphatic heterocycles. The summed E-state index contributed by atoms with van der Waals surface area (Å²) < 4.78 is 123. The first kappa shape index (κ1) is 24.4. The Labute approximate surface area is 155 Å². The Hall–Kier alpha value is -1.65. The largest absolute Gasteiger partial charge is 0.488 e. The molecule has 0 amide bonds. The Morgan fingerprint density at radius 3 is 1.75 bits per heavy atom. The zero-order valence-electron chi connectivity index (χ0n) is 15.3. The van der Waals surface area contributed by atoms with Crippen LogP contribution in [-0.4, -0.2) is 34.7 Å². The lowest BCUT2D eigenvalue weighted by atomic mass is 9.86. The summed E-state index contributed by atoms with van der Waals surface area (Å²) in [6, 6.07) is 4.59. The van der Waals surface area contributed by atoms with Gasteiger partial charge < -0.3 is 9.84 Å². The van der Waals surface area contributed by atoms with E-state index in [1.54, 1.807) is 20.8 Å². The molecule has 11 heteroatoms. The quantitative estimate of drug-likeness (QED) is 0.572. The van der Waals surface area contributed by atoms with Gasteiger partial charge in [-0.15, -0.1) is 0 Å². The molecular weight excluding hydrogens is 407 g/mol. The number of aliphatic hydroxyl groups is 1. The molecule has 0 spiro atoms. The van der Waals surface area contributed by atoms with Crippen LogP contribution in [0.25, 0.3) is 0 Å². The molecule has 1 rings (SSSR count). The van der Waals surface area contributed by atoms with Gasteiger partial charge in [0.25, 0.3) is 0 Å². The number of hydrogen-bond acceptors (Lipinski definition) is 2. The Morgan fingerprint density at radius 2 is 1.32 bits per heavy atom. The fourth-order valence-electron chi connectivity index (χ4n) is 2.30. The molecule has 162 valence electrons. The second kappa shape index (κ2) is 7.00. The normalized spacial score (nSPS) is 16.6. The highest BCUT2D eigenvalue weighted by atomic mass is 19.4. The zero-order valence-corrected chi connectivity index (χ0v) is 15.3. The molecule has 0 fully saturated rings. The van der Waals surface area contributed by atoms with E-state index in [-0.39, 0.29) is 5.75 Å². The molecule has 0 aromatic heterocycles. The summed E-state index contributed by atoms with van der Waals surface area (Å²) >= 11 is 0. The van der Waals surface area contributed by atoms with Crippen LogP contribution in [0.4, 0.5) is 39.5 Å². The smallest absolute Gasteiger partial charge is 0.460 e. The van der Waals surface area contributed by atoms with Crippen LogP contribution in [0.15, 0.2) is 24.3 Å². The third kappa shape index (κ3) is 4.84. The fraction of sp³-hybridized carbons (Fsp3) is 0.647. The van der Waals surface area contributed by atoms with Crippen molar-refractivity contribution in [3.05, 3.63) is 29.8 Å². The lowest BCUT2D eigenvalue weighted by Crippen LogP contribution is -2.62. The molecule has 28 heavy (non-hydrogen) atoms. The first-order valence-electron chi connectivity index (χ1n) is 7.86. The van der Waals surface area contributed by atoms with Crippen LogP contribution in [0.2, 0.25) is 0 Å². The molecule has 0 saturated carbocycles. The molecule has 0 saturated heterocycles. The second-order valence-electron chi connectivity index (χ2n) is 7.54. The SMILES string of the molecule is CC(C)(C)Oc1cccc(C(C)(O)CC(F)(F)C(F)(F)C(F)(F)C(F)(F)F)c1. The zero-order chi connectivity index (χ0) is 22.4. The van der Waals surface area contributed by atoms with Gasteiger partial charge in [-0.1, -0.05) is 12.1 Å². The van der Waals surface area contributed by atoms with E-state index in [2.05, 4.69) is 0 Å². The lowest BCUT2D eigenvalue weighted by Gasteiger charge is -2.37. The number of alkyl halides is 9. The van der Waals surface area contributed by atoms with Crippen LogP contribution in [0.3, 0.4) is 0 Å². The van der Waals surface area contributed by atoms with Gasteiger partial charge in [0.2, 0.25) is 0 Å². The Morgan fingerprint density at radius 1 is 0.821 bits per heavy atom. The average Bonchev–Trinajstić information content (AvgIpc) is 2.43. The van der Waals surface area contributed by atoms with Crippen molar-refractivity contribution in [2.24, 2.45) is 0 Å². The van der Waals surface area contributed by atoms with E-state index >= 15 is 0 Å². The van der Waals surface area contributed by atoms with Gasteiger partial charge in [-0.05, 0) is 45.4 Å². The molecule has 1 aromatic carbocycles. The van der Waals surface area contributed by atoms with Gasteiger partial charge in [-0.3, -0.25) is 0 Å². The molecule has 2 nitrogen and oxygen atoms in total. The van der Waals surface area contributed by atoms with Crippen molar-refractivity contribution in [3.63, 3.8) is 0 Å². The first-order valence-corrected chi connectivity index (χ1v) is 7.86. The van der Waals surface area contributed by atoms with Crippen molar-refractivity contribution >= 4 is 0 Å². The van der Waals surface area contributed by atoms with Gasteiger partial charge >= 0.3 is 23.9 Å². The molecule has 1 N–H and O–H groups in total. The highest BCUT2D eigenvalue weighted by Crippen LogP contribution is 2.55. The van der Waals surface area contributed by atoms with E-state index in [9.17, 15) is 44.6 Å². The van der Waals surface area contributed by atoms with E-state index in [0.717, 1.165) is 12.1 Å². The minimum Gasteiger partial charge on any atom is -0.488 e. The van der Waals surface area contributed by atoms with Gasteiger partial charge in [0, 0.05) is 0 Å². The maximum absolute atomic E-state index is 13.9. The van der Waals surface area contributed by atoms with Crippen LogP contribution < -0.4 is 4.74 Å². The van der Waals surface area contributed by atoms with Gasteiger partial charge in [0.05, 0.1) is 12.0 Å². The average molecular weight is 426 g/mol. The molecule has 0 aliphatic rings. The Balaban J connectivity index is 3.25. The number of ether oxygens (including phenoxy) is 1. The van der Waals surface area contributed by atoms with Crippen molar-refractivity contribution in [2.45, 2.75) is 69.3 Å². The summed E-state index contributed by atoms with van der Waals surface area (Å²) in [5.74, 6) is -19.6. The van der Waals surface area contributed by atoms with E-state index in [4.69, 9.17) is 4.74 Å². The highest BCUT2D eigenvalue weighted by Gasteiger charge is 2.81. The van der Waals surface area contributed by atoms with Crippen molar-refractivity contribution in [3.8, 4) is 5.75 Å². The van der Waals surface area contributed by atoms with E-state index in [1.807, 2.05) is 0 Å². The third-order valence-electron chi connectivity index (χ3n) is 3.66. The molecule has 0 bridgehead atoms. The molecule has 0 heterocycles. The van der Waals surface area contributed by atoms with E-state index in [1.165, 1.54) is 12.1 Å². The maximum atomic E-state index is 13.9. The topological polar surface area (TPSA) is 29.5 Å². The van der Waals surface area contributed by atoms with Gasteiger partial charge in [-0.25, -0.2) is 0 Å². The Kier molecular flexibility index (Phi) is 6.09. The minimum atomic E-state index is -7.00. The summed E-state index contributed by atoms with van der Waals surface area (Å²) in [5.41, 5.74) is -4.05. The first-order chi connectivity index (χ1) is 12.1. The summed E-state index contributed by atoms with van der Waals surface area (Å²) in [5, 5.41) is 10.2. The van der Waals surface area contributed by atoms with Crippen LogP contribution in [0.1, 0.15) is 39.7 Å². The Bertz CT molecular complexity index is 689. The molecule has 1 atom stereocenters. The predicted molar refractivity (Wildman–Crippen MR) is 81.9 cm³/mol. The van der Waals surface area contributed by atoms with Crippen LogP contribution in [0, 0.1) is 0 Å². The lowest BCUT2D eigenvalue weighted by molar-refractivity contribution is -0.400. The second-order valence-corrected chi connectivity index (χ2v) is 7.54.